The second-order valence-corrected chi connectivity index (χ2v) is 4.73. The summed E-state index contributed by atoms with van der Waals surface area (Å²) in [6, 6.07) is 2.13. The Morgan fingerprint density at radius 3 is 2.67 bits per heavy atom. The largest absolute Gasteiger partial charge is 0.397 e. The Morgan fingerprint density at radius 1 is 1.48 bits per heavy atom. The Labute approximate surface area is 124 Å². The normalized spacial score (nSPS) is 10.4. The van der Waals surface area contributed by atoms with Crippen LogP contribution in [0.2, 0.25) is 5.02 Å². The first-order valence-electron chi connectivity index (χ1n) is 5.79. The lowest BCUT2D eigenvalue weighted by molar-refractivity contribution is -0.384. The number of hydrogen-bond acceptors (Lipinski definition) is 6. The Balaban J connectivity index is 2.39. The number of nitrogen functional groups attached to an aromatic ring is 1. The first-order chi connectivity index (χ1) is 9.81. The van der Waals surface area contributed by atoms with Gasteiger partial charge >= 0.3 is 0 Å². The topological polar surface area (TPSA) is 124 Å². The summed E-state index contributed by atoms with van der Waals surface area (Å²) in [6.45, 7) is 3.43. The van der Waals surface area contributed by atoms with E-state index < -0.39 is 10.8 Å². The third-order valence-electron chi connectivity index (χ3n) is 2.95. The molecule has 2 aromatic rings. The molecule has 0 bridgehead atoms. The van der Waals surface area contributed by atoms with Crippen LogP contribution in [0.5, 0.6) is 0 Å². The van der Waals surface area contributed by atoms with Crippen molar-refractivity contribution in [2.45, 2.75) is 13.8 Å². The number of aryl methyl sites for hydroxylation is 1. The maximum Gasteiger partial charge on any atom is 0.271 e. The monoisotopic (exact) mass is 310 g/mol. The van der Waals surface area contributed by atoms with Crippen LogP contribution in [0.1, 0.15) is 21.6 Å². The van der Waals surface area contributed by atoms with Crippen LogP contribution in [0.4, 0.5) is 17.3 Å². The van der Waals surface area contributed by atoms with E-state index in [1.165, 1.54) is 0 Å². The standard InChI is InChI=1S/C12H11ClN4O4/c1-5-6(2)16-21-12(5)15-11(18)8-3-7(17(19)20)4-9(13)10(8)14/h3-4H,14H2,1-2H3,(H,15,18). The Bertz CT molecular complexity index is 741. The minimum absolute atomic E-state index is 0.0475. The van der Waals surface area contributed by atoms with Crippen LogP contribution in [-0.4, -0.2) is 16.0 Å². The van der Waals surface area contributed by atoms with E-state index in [-0.39, 0.29) is 27.8 Å². The molecule has 9 heteroatoms. The first kappa shape index (κ1) is 14.8. The molecule has 0 radical (unpaired) electrons. The van der Waals surface area contributed by atoms with Gasteiger partial charge in [-0.25, -0.2) is 0 Å². The second-order valence-electron chi connectivity index (χ2n) is 4.32. The second kappa shape index (κ2) is 5.41. The van der Waals surface area contributed by atoms with E-state index in [0.29, 0.717) is 11.3 Å². The fraction of sp³-hybridized carbons (Fsp3) is 0.167. The van der Waals surface area contributed by atoms with Crippen LogP contribution in [0.3, 0.4) is 0 Å². The molecule has 0 spiro atoms. The number of rotatable bonds is 3. The summed E-state index contributed by atoms with van der Waals surface area (Å²) >= 11 is 5.80. The highest BCUT2D eigenvalue weighted by Gasteiger charge is 2.21. The lowest BCUT2D eigenvalue weighted by Gasteiger charge is -2.07. The molecule has 110 valence electrons. The number of nitro groups is 1. The van der Waals surface area contributed by atoms with Gasteiger partial charge in [0.2, 0.25) is 5.88 Å². The number of halogens is 1. The summed E-state index contributed by atoms with van der Waals surface area (Å²) in [6.07, 6.45) is 0. The van der Waals surface area contributed by atoms with E-state index in [2.05, 4.69) is 10.5 Å². The first-order valence-corrected chi connectivity index (χ1v) is 6.16. The van der Waals surface area contributed by atoms with Gasteiger partial charge in [-0.15, -0.1) is 0 Å². The van der Waals surface area contributed by atoms with Crippen LogP contribution in [-0.2, 0) is 0 Å². The molecule has 1 amide bonds. The molecule has 0 saturated carbocycles. The molecular weight excluding hydrogens is 300 g/mol. The Hall–Kier alpha value is -2.61. The van der Waals surface area contributed by atoms with Gasteiger partial charge in [0.05, 0.1) is 26.9 Å². The molecule has 0 saturated heterocycles. The van der Waals surface area contributed by atoms with Gasteiger partial charge in [-0.3, -0.25) is 20.2 Å². The lowest BCUT2D eigenvalue weighted by Crippen LogP contribution is -2.15. The molecule has 0 aliphatic rings. The van der Waals surface area contributed by atoms with Crippen molar-refractivity contribution in [1.82, 2.24) is 5.16 Å². The average molecular weight is 311 g/mol. The predicted octanol–water partition coefficient (Wildman–Crippen LogP) is 2.69. The van der Waals surface area contributed by atoms with Crippen LogP contribution < -0.4 is 11.1 Å². The number of carbonyl (C=O) groups is 1. The maximum absolute atomic E-state index is 12.2. The third kappa shape index (κ3) is 2.79. The van der Waals surface area contributed by atoms with Crippen LogP contribution in [0.15, 0.2) is 16.7 Å². The highest BCUT2D eigenvalue weighted by atomic mass is 35.5. The number of nitrogens with zero attached hydrogens (tertiary/aromatic N) is 2. The number of nitrogens with one attached hydrogen (secondary N) is 1. The van der Waals surface area contributed by atoms with Crippen molar-refractivity contribution in [2.75, 3.05) is 11.1 Å². The molecule has 1 aromatic heterocycles. The quantitative estimate of drug-likeness (QED) is 0.510. The molecule has 1 aromatic carbocycles. The number of nitro benzene ring substituents is 1. The van der Waals surface area contributed by atoms with Crippen molar-refractivity contribution in [2.24, 2.45) is 0 Å². The molecule has 21 heavy (non-hydrogen) atoms. The van der Waals surface area contributed by atoms with Gasteiger partial charge in [0.1, 0.15) is 0 Å². The molecule has 3 N–H and O–H groups in total. The van der Waals surface area contributed by atoms with E-state index in [4.69, 9.17) is 21.9 Å². The highest BCUT2D eigenvalue weighted by Crippen LogP contribution is 2.29. The van der Waals surface area contributed by atoms with Crippen molar-refractivity contribution in [3.8, 4) is 0 Å². The third-order valence-corrected chi connectivity index (χ3v) is 3.27. The molecule has 0 aliphatic heterocycles. The number of anilines is 2. The number of non-ortho nitro benzene ring substituents is 1. The summed E-state index contributed by atoms with van der Waals surface area (Å²) in [7, 11) is 0. The summed E-state index contributed by atoms with van der Waals surface area (Å²) in [4.78, 5) is 22.3. The molecule has 2 rings (SSSR count). The van der Waals surface area contributed by atoms with Crippen molar-refractivity contribution in [1.29, 1.82) is 0 Å². The molecule has 0 fully saturated rings. The van der Waals surface area contributed by atoms with Gasteiger partial charge in [0, 0.05) is 17.7 Å². The van der Waals surface area contributed by atoms with E-state index in [0.717, 1.165) is 12.1 Å². The number of benzene rings is 1. The minimum Gasteiger partial charge on any atom is -0.397 e. The van der Waals surface area contributed by atoms with Gasteiger partial charge in [0.25, 0.3) is 11.6 Å². The van der Waals surface area contributed by atoms with Crippen molar-refractivity contribution in [3.63, 3.8) is 0 Å². The number of hydrogen-bond donors (Lipinski definition) is 2. The van der Waals surface area contributed by atoms with E-state index in [9.17, 15) is 14.9 Å². The SMILES string of the molecule is Cc1noc(NC(=O)c2cc([N+](=O)[O-])cc(Cl)c2N)c1C. The number of carbonyl (C=O) groups excluding carboxylic acids is 1. The lowest BCUT2D eigenvalue weighted by atomic mass is 10.1. The molecule has 0 unspecified atom stereocenters. The Morgan fingerprint density at radius 2 is 2.14 bits per heavy atom. The number of nitrogens with two attached hydrogens (primary N) is 1. The molecule has 0 atom stereocenters. The van der Waals surface area contributed by atoms with Crippen molar-refractivity contribution < 1.29 is 14.2 Å². The average Bonchev–Trinajstić information content (AvgIpc) is 2.73. The van der Waals surface area contributed by atoms with Crippen LogP contribution >= 0.6 is 11.6 Å². The summed E-state index contributed by atoms with van der Waals surface area (Å²) in [5.74, 6) is -0.517. The summed E-state index contributed by atoms with van der Waals surface area (Å²) < 4.78 is 4.95. The molecule has 8 nitrogen and oxygen atoms in total. The zero-order chi connectivity index (χ0) is 15.7. The number of amides is 1. The zero-order valence-electron chi connectivity index (χ0n) is 11.1. The van der Waals surface area contributed by atoms with Crippen molar-refractivity contribution >= 4 is 34.8 Å². The highest BCUT2D eigenvalue weighted by molar-refractivity contribution is 6.34. The van der Waals surface area contributed by atoms with E-state index >= 15 is 0 Å². The van der Waals surface area contributed by atoms with Gasteiger partial charge in [-0.2, -0.15) is 0 Å². The van der Waals surface area contributed by atoms with Gasteiger partial charge < -0.3 is 10.3 Å². The molecule has 0 aliphatic carbocycles. The van der Waals surface area contributed by atoms with E-state index in [1.54, 1.807) is 13.8 Å². The fourth-order valence-electron chi connectivity index (χ4n) is 1.60. The van der Waals surface area contributed by atoms with Crippen molar-refractivity contribution in [3.05, 3.63) is 44.1 Å². The van der Waals surface area contributed by atoms with Crippen LogP contribution in [0, 0.1) is 24.0 Å². The fourth-order valence-corrected chi connectivity index (χ4v) is 1.81. The number of aromatic nitrogens is 1. The Kier molecular flexibility index (Phi) is 3.81. The maximum atomic E-state index is 12.2. The predicted molar refractivity (Wildman–Crippen MR) is 76.4 cm³/mol. The van der Waals surface area contributed by atoms with Crippen LogP contribution in [0.25, 0.3) is 0 Å². The molecular formula is C12H11ClN4O4. The zero-order valence-corrected chi connectivity index (χ0v) is 11.9. The smallest absolute Gasteiger partial charge is 0.271 e. The minimum atomic E-state index is -0.669. The summed E-state index contributed by atoms with van der Waals surface area (Å²) in [5, 5.41) is 16.9. The van der Waals surface area contributed by atoms with E-state index in [1.807, 2.05) is 0 Å². The van der Waals surface area contributed by atoms with Gasteiger partial charge in [-0.05, 0) is 13.8 Å². The summed E-state index contributed by atoms with van der Waals surface area (Å²) in [5.41, 5.74) is 6.47. The van der Waals surface area contributed by atoms with Gasteiger partial charge in [-0.1, -0.05) is 16.8 Å². The molecule has 1 heterocycles. The van der Waals surface area contributed by atoms with Gasteiger partial charge in [0.15, 0.2) is 0 Å².